The molecule has 2 amide bonds. The van der Waals surface area contributed by atoms with Crippen LogP contribution in [-0.2, 0) is 16.1 Å². The minimum absolute atomic E-state index is 0.109. The Morgan fingerprint density at radius 2 is 1.83 bits per heavy atom. The zero-order valence-electron chi connectivity index (χ0n) is 16.3. The molecule has 0 bridgehead atoms. The lowest BCUT2D eigenvalue weighted by Crippen LogP contribution is -2.41. The Morgan fingerprint density at radius 1 is 1.07 bits per heavy atom. The summed E-state index contributed by atoms with van der Waals surface area (Å²) < 4.78 is 11.2. The molecule has 0 N–H and O–H groups in total. The van der Waals surface area contributed by atoms with Crippen molar-refractivity contribution >= 4 is 23.2 Å². The van der Waals surface area contributed by atoms with E-state index in [2.05, 4.69) is 5.10 Å². The summed E-state index contributed by atoms with van der Waals surface area (Å²) in [6.07, 6.45) is 0.611. The second-order valence-electron chi connectivity index (χ2n) is 6.89. The first kappa shape index (κ1) is 19.0. The Kier molecular flexibility index (Phi) is 5.46. The molecule has 0 atom stereocenters. The maximum absolute atomic E-state index is 13.1. The quantitative estimate of drug-likeness (QED) is 0.783. The molecule has 0 aromatic heterocycles. The minimum atomic E-state index is -0.157. The number of hydrazone groups is 1. The van der Waals surface area contributed by atoms with Crippen LogP contribution < -0.4 is 14.5 Å². The van der Waals surface area contributed by atoms with Crippen LogP contribution in [0.5, 0.6) is 11.5 Å². The minimum Gasteiger partial charge on any atom is -0.486 e. The first-order chi connectivity index (χ1) is 14.2. The highest BCUT2D eigenvalue weighted by molar-refractivity contribution is 6.40. The van der Waals surface area contributed by atoms with Gasteiger partial charge < -0.3 is 14.4 Å². The number of para-hydroxylation sites is 1. The maximum atomic E-state index is 13.1. The number of amides is 2. The predicted molar refractivity (Wildman–Crippen MR) is 109 cm³/mol. The van der Waals surface area contributed by atoms with E-state index in [1.807, 2.05) is 55.5 Å². The number of anilines is 1. The molecule has 0 spiro atoms. The largest absolute Gasteiger partial charge is 0.486 e. The fourth-order valence-electron chi connectivity index (χ4n) is 3.39. The smallest absolute Gasteiger partial charge is 0.270 e. The first-order valence-electron chi connectivity index (χ1n) is 9.79. The van der Waals surface area contributed by atoms with E-state index in [9.17, 15) is 9.59 Å². The third kappa shape index (κ3) is 4.08. The van der Waals surface area contributed by atoms with E-state index in [0.29, 0.717) is 49.9 Å². The number of hydrogen-bond donors (Lipinski definition) is 0. The number of carbonyl (C=O) groups excluding carboxylic acids is 2. The van der Waals surface area contributed by atoms with Gasteiger partial charge in [-0.15, -0.1) is 0 Å². The third-order valence-corrected chi connectivity index (χ3v) is 4.93. The molecule has 0 fully saturated rings. The summed E-state index contributed by atoms with van der Waals surface area (Å²) in [7, 11) is 0. The Bertz CT molecular complexity index is 942. The van der Waals surface area contributed by atoms with Crippen LogP contribution in [0, 0.1) is 0 Å². The van der Waals surface area contributed by atoms with Gasteiger partial charge in [0.05, 0.1) is 5.69 Å². The molecule has 0 radical (unpaired) electrons. The molecule has 7 heteroatoms. The molecule has 2 aromatic carbocycles. The molecular weight excluding hydrogens is 370 g/mol. The Labute approximate surface area is 169 Å². The van der Waals surface area contributed by atoms with Crippen molar-refractivity contribution < 1.29 is 19.1 Å². The van der Waals surface area contributed by atoms with Gasteiger partial charge in [0.1, 0.15) is 18.9 Å². The fraction of sp³-hybridized carbons (Fsp3) is 0.318. The average Bonchev–Trinajstić information content (AvgIpc) is 2.78. The predicted octanol–water partition coefficient (Wildman–Crippen LogP) is 2.99. The van der Waals surface area contributed by atoms with Crippen molar-refractivity contribution in [2.45, 2.75) is 26.3 Å². The van der Waals surface area contributed by atoms with E-state index in [1.165, 1.54) is 5.01 Å². The molecule has 2 aromatic rings. The molecule has 2 aliphatic heterocycles. The standard InChI is InChI=1S/C22H23N3O4/c1-2-24(15-16-8-10-19-20(14-16)29-13-12-28-19)22(27)18-9-11-21(26)25(23-18)17-6-4-3-5-7-17/h3-8,10,14H,2,9,11-13,15H2,1H3. The molecule has 0 aliphatic carbocycles. The SMILES string of the molecule is CCN(Cc1ccc2c(c1)OCCO2)C(=O)C1=NN(c2ccccc2)C(=O)CC1. The molecule has 4 rings (SSSR count). The van der Waals surface area contributed by atoms with E-state index in [0.717, 1.165) is 11.3 Å². The normalized spacial score (nSPS) is 15.7. The van der Waals surface area contributed by atoms with Gasteiger partial charge in [0.25, 0.3) is 5.91 Å². The zero-order valence-corrected chi connectivity index (χ0v) is 16.3. The van der Waals surface area contributed by atoms with E-state index in [1.54, 1.807) is 4.90 Å². The summed E-state index contributed by atoms with van der Waals surface area (Å²) in [5.74, 6) is 1.16. The van der Waals surface area contributed by atoms with Gasteiger partial charge in [-0.25, -0.2) is 5.01 Å². The van der Waals surface area contributed by atoms with Crippen LogP contribution in [0.25, 0.3) is 0 Å². The number of ether oxygens (including phenoxy) is 2. The average molecular weight is 393 g/mol. The molecule has 2 heterocycles. The van der Waals surface area contributed by atoms with E-state index in [-0.39, 0.29) is 18.2 Å². The Morgan fingerprint density at radius 3 is 2.59 bits per heavy atom. The van der Waals surface area contributed by atoms with Crippen molar-refractivity contribution in [1.29, 1.82) is 0 Å². The summed E-state index contributed by atoms with van der Waals surface area (Å²) in [6, 6.07) is 14.9. The van der Waals surface area contributed by atoms with Crippen LogP contribution in [-0.4, -0.2) is 42.2 Å². The highest BCUT2D eigenvalue weighted by atomic mass is 16.6. The van der Waals surface area contributed by atoms with Gasteiger partial charge in [-0.3, -0.25) is 9.59 Å². The van der Waals surface area contributed by atoms with Gasteiger partial charge in [0.15, 0.2) is 11.5 Å². The highest BCUT2D eigenvalue weighted by Crippen LogP contribution is 2.31. The summed E-state index contributed by atoms with van der Waals surface area (Å²) in [5.41, 5.74) is 2.02. The first-order valence-corrected chi connectivity index (χ1v) is 9.79. The second-order valence-corrected chi connectivity index (χ2v) is 6.89. The summed E-state index contributed by atoms with van der Waals surface area (Å²) >= 11 is 0. The molecule has 2 aliphatic rings. The van der Waals surface area contributed by atoms with Gasteiger partial charge in [-0.2, -0.15) is 5.10 Å². The number of fused-ring (bicyclic) bond motifs is 1. The Balaban J connectivity index is 1.53. The number of nitrogens with zero attached hydrogens (tertiary/aromatic N) is 3. The lowest BCUT2D eigenvalue weighted by Gasteiger charge is -2.27. The van der Waals surface area contributed by atoms with Crippen molar-refractivity contribution in [3.05, 3.63) is 54.1 Å². The van der Waals surface area contributed by atoms with Crippen molar-refractivity contribution in [2.24, 2.45) is 5.10 Å². The maximum Gasteiger partial charge on any atom is 0.270 e. The van der Waals surface area contributed by atoms with Gasteiger partial charge in [-0.1, -0.05) is 24.3 Å². The summed E-state index contributed by atoms with van der Waals surface area (Å²) in [4.78, 5) is 27.1. The lowest BCUT2D eigenvalue weighted by molar-refractivity contribution is -0.124. The molecule has 7 nitrogen and oxygen atoms in total. The van der Waals surface area contributed by atoms with Crippen LogP contribution in [0.2, 0.25) is 0 Å². The monoisotopic (exact) mass is 393 g/mol. The zero-order chi connectivity index (χ0) is 20.2. The number of hydrogen-bond acceptors (Lipinski definition) is 5. The lowest BCUT2D eigenvalue weighted by atomic mass is 10.1. The number of rotatable bonds is 5. The van der Waals surface area contributed by atoms with E-state index in [4.69, 9.17) is 9.47 Å². The fourth-order valence-corrected chi connectivity index (χ4v) is 3.39. The van der Waals surface area contributed by atoms with Crippen LogP contribution in [0.15, 0.2) is 53.6 Å². The molecule has 0 saturated carbocycles. The van der Waals surface area contributed by atoms with Crippen LogP contribution in [0.1, 0.15) is 25.3 Å². The summed E-state index contributed by atoms with van der Waals surface area (Å²) in [5, 5.41) is 5.71. The van der Waals surface area contributed by atoms with Gasteiger partial charge in [0, 0.05) is 25.9 Å². The van der Waals surface area contributed by atoms with Crippen molar-refractivity contribution in [3.8, 4) is 11.5 Å². The van der Waals surface area contributed by atoms with Gasteiger partial charge in [0.2, 0.25) is 5.91 Å². The second kappa shape index (κ2) is 8.34. The molecule has 0 unspecified atom stereocenters. The van der Waals surface area contributed by atoms with E-state index >= 15 is 0 Å². The van der Waals surface area contributed by atoms with Gasteiger partial charge in [-0.05, 0) is 36.8 Å². The number of carbonyl (C=O) groups is 2. The Hall–Kier alpha value is -3.35. The molecule has 0 saturated heterocycles. The van der Waals surface area contributed by atoms with Crippen molar-refractivity contribution in [2.75, 3.05) is 24.8 Å². The van der Waals surface area contributed by atoms with Crippen LogP contribution in [0.3, 0.4) is 0 Å². The van der Waals surface area contributed by atoms with Crippen molar-refractivity contribution in [3.63, 3.8) is 0 Å². The molecule has 29 heavy (non-hydrogen) atoms. The molecular formula is C22H23N3O4. The van der Waals surface area contributed by atoms with Crippen LogP contribution >= 0.6 is 0 Å². The van der Waals surface area contributed by atoms with Gasteiger partial charge >= 0.3 is 0 Å². The molecule has 150 valence electrons. The third-order valence-electron chi connectivity index (χ3n) is 4.93. The topological polar surface area (TPSA) is 71.4 Å². The number of benzene rings is 2. The van der Waals surface area contributed by atoms with E-state index < -0.39 is 0 Å². The highest BCUT2D eigenvalue weighted by Gasteiger charge is 2.28. The van der Waals surface area contributed by atoms with Crippen LogP contribution in [0.4, 0.5) is 5.69 Å². The van der Waals surface area contributed by atoms with Crippen molar-refractivity contribution in [1.82, 2.24) is 4.90 Å². The summed E-state index contributed by atoms with van der Waals surface area (Å²) in [6.45, 7) is 3.96.